The van der Waals surface area contributed by atoms with Crippen molar-refractivity contribution in [1.82, 2.24) is 10.6 Å². The number of carbonyl (C=O) groups is 2. The summed E-state index contributed by atoms with van der Waals surface area (Å²) in [5.41, 5.74) is 2.86. The van der Waals surface area contributed by atoms with Crippen molar-refractivity contribution in [2.75, 3.05) is 6.61 Å². The minimum absolute atomic E-state index is 0.263. The van der Waals surface area contributed by atoms with E-state index >= 15 is 0 Å². The van der Waals surface area contributed by atoms with E-state index in [1.165, 1.54) is 11.3 Å². The highest BCUT2D eigenvalue weighted by Crippen LogP contribution is 2.35. The van der Waals surface area contributed by atoms with Crippen molar-refractivity contribution in [3.8, 4) is 5.75 Å². The Kier molecular flexibility index (Phi) is 6.49. The molecule has 0 radical (unpaired) electrons. The quantitative estimate of drug-likeness (QED) is 0.641. The summed E-state index contributed by atoms with van der Waals surface area (Å²) in [7, 11) is 0. The number of benzene rings is 1. The molecule has 1 unspecified atom stereocenters. The van der Waals surface area contributed by atoms with E-state index in [2.05, 4.69) is 10.6 Å². The molecule has 0 bridgehead atoms. The first-order valence-corrected chi connectivity index (χ1v) is 10.4. The number of ether oxygens (including phenoxy) is 2. The van der Waals surface area contributed by atoms with Gasteiger partial charge in [-0.15, -0.1) is 11.3 Å². The SMILES string of the molecule is CCOC(=O)C1=C(C)NC(=O)NC1c1cc(COc2ccc(Cl)cc2C)c(C)s1. The van der Waals surface area contributed by atoms with Crippen molar-refractivity contribution in [2.24, 2.45) is 0 Å². The van der Waals surface area contributed by atoms with Crippen molar-refractivity contribution < 1.29 is 19.1 Å². The fraction of sp³-hybridized carbons (Fsp3) is 0.333. The lowest BCUT2D eigenvalue weighted by Gasteiger charge is -2.27. The number of hydrogen-bond acceptors (Lipinski definition) is 5. The van der Waals surface area contributed by atoms with E-state index < -0.39 is 12.0 Å². The number of aryl methyl sites for hydroxylation is 2. The summed E-state index contributed by atoms with van der Waals surface area (Å²) in [4.78, 5) is 26.4. The van der Waals surface area contributed by atoms with Crippen LogP contribution in [0.3, 0.4) is 0 Å². The molecule has 1 aliphatic rings. The minimum atomic E-state index is -0.558. The van der Waals surface area contributed by atoms with E-state index in [1.807, 2.05) is 32.0 Å². The second kappa shape index (κ2) is 8.88. The van der Waals surface area contributed by atoms with E-state index in [9.17, 15) is 9.59 Å². The summed E-state index contributed by atoms with van der Waals surface area (Å²) >= 11 is 7.52. The van der Waals surface area contributed by atoms with Gasteiger partial charge in [0.25, 0.3) is 0 Å². The molecule has 1 aliphatic heterocycles. The van der Waals surface area contributed by atoms with Crippen LogP contribution in [0.5, 0.6) is 5.75 Å². The van der Waals surface area contributed by atoms with Gasteiger partial charge in [0.1, 0.15) is 12.4 Å². The maximum atomic E-state index is 12.5. The molecule has 1 aromatic heterocycles. The zero-order chi connectivity index (χ0) is 21.1. The third kappa shape index (κ3) is 4.74. The van der Waals surface area contributed by atoms with Gasteiger partial charge in [-0.05, 0) is 57.5 Å². The highest BCUT2D eigenvalue weighted by molar-refractivity contribution is 7.12. The van der Waals surface area contributed by atoms with Gasteiger partial charge in [-0.1, -0.05) is 11.6 Å². The summed E-state index contributed by atoms with van der Waals surface area (Å²) < 4.78 is 11.1. The average molecular weight is 435 g/mol. The van der Waals surface area contributed by atoms with E-state index in [0.717, 1.165) is 26.6 Å². The van der Waals surface area contributed by atoms with Crippen LogP contribution in [-0.4, -0.2) is 18.6 Å². The van der Waals surface area contributed by atoms with Crippen molar-refractivity contribution in [3.63, 3.8) is 0 Å². The number of rotatable bonds is 6. The normalized spacial score (nSPS) is 16.3. The molecular weight excluding hydrogens is 412 g/mol. The Hall–Kier alpha value is -2.51. The second-order valence-electron chi connectivity index (χ2n) is 6.72. The van der Waals surface area contributed by atoms with E-state index in [4.69, 9.17) is 21.1 Å². The first-order valence-electron chi connectivity index (χ1n) is 9.23. The molecule has 6 nitrogen and oxygen atoms in total. The molecule has 0 saturated carbocycles. The molecule has 1 aromatic carbocycles. The number of thiophene rings is 1. The predicted octanol–water partition coefficient (Wildman–Crippen LogP) is 4.79. The Morgan fingerprint density at radius 2 is 2.00 bits per heavy atom. The molecule has 2 heterocycles. The fourth-order valence-electron chi connectivity index (χ4n) is 3.15. The predicted molar refractivity (Wildman–Crippen MR) is 113 cm³/mol. The van der Waals surface area contributed by atoms with Gasteiger partial charge in [-0.3, -0.25) is 0 Å². The van der Waals surface area contributed by atoms with Gasteiger partial charge in [0.05, 0.1) is 18.2 Å². The molecule has 2 amide bonds. The fourth-order valence-corrected chi connectivity index (χ4v) is 4.47. The molecule has 0 aliphatic carbocycles. The van der Waals surface area contributed by atoms with Gasteiger partial charge in [-0.25, -0.2) is 9.59 Å². The lowest BCUT2D eigenvalue weighted by molar-refractivity contribution is -0.139. The summed E-state index contributed by atoms with van der Waals surface area (Å²) in [5, 5.41) is 6.14. The Bertz CT molecular complexity index is 983. The van der Waals surface area contributed by atoms with E-state index in [0.29, 0.717) is 22.9 Å². The van der Waals surface area contributed by atoms with Crippen molar-refractivity contribution in [3.05, 3.63) is 61.4 Å². The number of nitrogens with one attached hydrogen (secondary N) is 2. The van der Waals surface area contributed by atoms with Crippen LogP contribution in [0, 0.1) is 13.8 Å². The Morgan fingerprint density at radius 1 is 1.24 bits per heavy atom. The third-order valence-electron chi connectivity index (χ3n) is 4.61. The summed E-state index contributed by atoms with van der Waals surface area (Å²) in [6.45, 7) is 8.02. The zero-order valence-electron chi connectivity index (χ0n) is 16.7. The Labute approximate surface area is 178 Å². The van der Waals surface area contributed by atoms with Crippen LogP contribution in [0.4, 0.5) is 4.79 Å². The van der Waals surface area contributed by atoms with Gasteiger partial charge in [-0.2, -0.15) is 0 Å². The van der Waals surface area contributed by atoms with Crippen LogP contribution in [-0.2, 0) is 16.1 Å². The minimum Gasteiger partial charge on any atom is -0.489 e. The molecule has 0 saturated heterocycles. The van der Waals surface area contributed by atoms with Crippen molar-refractivity contribution in [2.45, 2.75) is 40.3 Å². The van der Waals surface area contributed by atoms with Gasteiger partial charge in [0.2, 0.25) is 0 Å². The lowest BCUT2D eigenvalue weighted by Crippen LogP contribution is -2.45. The molecular formula is C21H23ClN2O4S. The number of allylic oxidation sites excluding steroid dienone is 1. The van der Waals surface area contributed by atoms with Crippen LogP contribution >= 0.6 is 22.9 Å². The number of carbonyl (C=O) groups excluding carboxylic acids is 2. The number of urea groups is 1. The highest BCUT2D eigenvalue weighted by atomic mass is 35.5. The summed E-state index contributed by atoms with van der Waals surface area (Å²) in [6.07, 6.45) is 0. The van der Waals surface area contributed by atoms with Crippen molar-refractivity contribution >= 4 is 34.9 Å². The number of hydrogen-bond donors (Lipinski definition) is 2. The molecule has 8 heteroatoms. The molecule has 2 N–H and O–H groups in total. The van der Waals surface area contributed by atoms with Crippen LogP contribution in [0.15, 0.2) is 35.5 Å². The standard InChI is InChI=1S/C21H23ClN2O4S/c1-5-27-20(25)18-12(3)23-21(26)24-19(18)17-9-14(13(4)29-17)10-28-16-7-6-15(22)8-11(16)2/h6-9,19H,5,10H2,1-4H3,(H2,23,24,26). The molecule has 0 spiro atoms. The van der Waals surface area contributed by atoms with Crippen LogP contribution in [0.1, 0.15) is 40.8 Å². The van der Waals surface area contributed by atoms with Gasteiger partial charge >= 0.3 is 12.0 Å². The third-order valence-corrected chi connectivity index (χ3v) is 6.00. The topological polar surface area (TPSA) is 76.7 Å². The molecule has 2 aromatic rings. The van der Waals surface area contributed by atoms with Crippen molar-refractivity contribution in [1.29, 1.82) is 0 Å². The molecule has 3 rings (SSSR count). The monoisotopic (exact) mass is 434 g/mol. The molecule has 154 valence electrons. The molecule has 29 heavy (non-hydrogen) atoms. The number of amides is 2. The van der Waals surface area contributed by atoms with Crippen LogP contribution in [0.2, 0.25) is 5.02 Å². The first kappa shape index (κ1) is 21.2. The largest absolute Gasteiger partial charge is 0.489 e. The Morgan fingerprint density at radius 3 is 2.69 bits per heavy atom. The molecule has 1 atom stereocenters. The number of esters is 1. The zero-order valence-corrected chi connectivity index (χ0v) is 18.3. The van der Waals surface area contributed by atoms with Gasteiger partial charge in [0.15, 0.2) is 0 Å². The van der Waals surface area contributed by atoms with Crippen LogP contribution < -0.4 is 15.4 Å². The smallest absolute Gasteiger partial charge is 0.338 e. The highest BCUT2D eigenvalue weighted by Gasteiger charge is 2.33. The first-order chi connectivity index (χ1) is 13.8. The lowest BCUT2D eigenvalue weighted by atomic mass is 10.0. The molecule has 0 fully saturated rings. The average Bonchev–Trinajstić information content (AvgIpc) is 3.01. The maximum Gasteiger partial charge on any atom is 0.338 e. The van der Waals surface area contributed by atoms with E-state index in [-0.39, 0.29) is 12.6 Å². The van der Waals surface area contributed by atoms with Gasteiger partial charge in [0, 0.05) is 26.0 Å². The van der Waals surface area contributed by atoms with Gasteiger partial charge < -0.3 is 20.1 Å². The summed E-state index contributed by atoms with van der Waals surface area (Å²) in [6, 6.07) is 6.55. The second-order valence-corrected chi connectivity index (χ2v) is 8.44. The maximum absolute atomic E-state index is 12.5. The number of halogens is 1. The van der Waals surface area contributed by atoms with Crippen LogP contribution in [0.25, 0.3) is 0 Å². The summed E-state index contributed by atoms with van der Waals surface area (Å²) in [5.74, 6) is 0.322. The Balaban J connectivity index is 1.85. The van der Waals surface area contributed by atoms with E-state index in [1.54, 1.807) is 19.9 Å².